The SMILES string of the molecule is Cc1nc2ccc3nc(NC(=O)c4cccc5c4OCO5)sc3c2s1. The zero-order chi connectivity index (χ0) is 17.0. The van der Waals surface area contributed by atoms with Gasteiger partial charge in [0.15, 0.2) is 16.6 Å². The third kappa shape index (κ3) is 2.33. The number of hydrogen-bond acceptors (Lipinski definition) is 7. The Morgan fingerprint density at radius 1 is 1.08 bits per heavy atom. The molecule has 0 unspecified atom stereocenters. The Balaban J connectivity index is 1.53. The molecule has 1 aliphatic heterocycles. The molecule has 124 valence electrons. The minimum Gasteiger partial charge on any atom is -0.454 e. The number of benzene rings is 2. The van der Waals surface area contributed by atoms with Crippen molar-refractivity contribution in [3.8, 4) is 11.5 Å². The molecule has 2 aromatic carbocycles. The van der Waals surface area contributed by atoms with Gasteiger partial charge in [0.2, 0.25) is 6.79 Å². The third-order valence-electron chi connectivity index (χ3n) is 3.88. The average molecular weight is 369 g/mol. The molecule has 1 aliphatic rings. The van der Waals surface area contributed by atoms with E-state index in [2.05, 4.69) is 15.3 Å². The van der Waals surface area contributed by atoms with Crippen LogP contribution in [-0.4, -0.2) is 22.7 Å². The van der Waals surface area contributed by atoms with Gasteiger partial charge in [-0.15, -0.1) is 11.3 Å². The molecule has 0 saturated heterocycles. The van der Waals surface area contributed by atoms with Gasteiger partial charge in [-0.25, -0.2) is 9.97 Å². The van der Waals surface area contributed by atoms with Crippen molar-refractivity contribution in [2.24, 2.45) is 0 Å². The lowest BCUT2D eigenvalue weighted by molar-refractivity contribution is 0.102. The standard InChI is InChI=1S/C17H11N3O3S2/c1-8-18-10-5-6-11-15(14(10)24-8)25-17(19-11)20-16(21)9-3-2-4-12-13(9)23-7-22-12/h2-6H,7H2,1H3,(H,19,20,21). The normalized spacial score (nSPS) is 12.8. The van der Waals surface area contributed by atoms with Gasteiger partial charge in [-0.05, 0) is 31.2 Å². The first-order chi connectivity index (χ1) is 12.2. The maximum Gasteiger partial charge on any atom is 0.261 e. The van der Waals surface area contributed by atoms with E-state index in [1.165, 1.54) is 11.3 Å². The van der Waals surface area contributed by atoms with Crippen LogP contribution in [0.4, 0.5) is 5.13 Å². The van der Waals surface area contributed by atoms with E-state index in [4.69, 9.17) is 9.47 Å². The molecule has 0 atom stereocenters. The van der Waals surface area contributed by atoms with Crippen LogP contribution in [-0.2, 0) is 0 Å². The molecule has 0 saturated carbocycles. The van der Waals surface area contributed by atoms with Crippen LogP contribution in [0, 0.1) is 6.92 Å². The van der Waals surface area contributed by atoms with E-state index in [0.717, 1.165) is 25.4 Å². The van der Waals surface area contributed by atoms with Crippen LogP contribution >= 0.6 is 22.7 Å². The zero-order valence-corrected chi connectivity index (χ0v) is 14.7. The number of carbonyl (C=O) groups excluding carboxylic acids is 1. The summed E-state index contributed by atoms with van der Waals surface area (Å²) in [4.78, 5) is 21.7. The molecule has 1 amide bonds. The molecule has 0 aliphatic carbocycles. The lowest BCUT2D eigenvalue weighted by Crippen LogP contribution is -2.12. The predicted molar refractivity (Wildman–Crippen MR) is 98.1 cm³/mol. The summed E-state index contributed by atoms with van der Waals surface area (Å²) in [6.45, 7) is 2.11. The van der Waals surface area contributed by atoms with Crippen molar-refractivity contribution in [1.29, 1.82) is 0 Å². The molecule has 8 heteroatoms. The number of carbonyl (C=O) groups is 1. The molecule has 0 radical (unpaired) electrons. The van der Waals surface area contributed by atoms with Crippen LogP contribution < -0.4 is 14.8 Å². The molecule has 5 rings (SSSR count). The molecule has 4 aromatic rings. The number of amides is 1. The third-order valence-corrected chi connectivity index (χ3v) is 6.02. The van der Waals surface area contributed by atoms with Gasteiger partial charge < -0.3 is 9.47 Å². The quantitative estimate of drug-likeness (QED) is 0.573. The van der Waals surface area contributed by atoms with E-state index in [1.54, 1.807) is 29.5 Å². The molecular weight excluding hydrogens is 358 g/mol. The number of fused-ring (bicyclic) bond motifs is 4. The monoisotopic (exact) mass is 369 g/mol. The highest BCUT2D eigenvalue weighted by Crippen LogP contribution is 2.38. The second kappa shape index (κ2) is 5.40. The maximum atomic E-state index is 12.6. The fraction of sp³-hybridized carbons (Fsp3) is 0.118. The van der Waals surface area contributed by atoms with Crippen LogP contribution in [0.15, 0.2) is 30.3 Å². The number of hydrogen-bond donors (Lipinski definition) is 1. The smallest absolute Gasteiger partial charge is 0.261 e. The Hall–Kier alpha value is -2.71. The van der Waals surface area contributed by atoms with Gasteiger partial charge in [0.05, 0.1) is 31.0 Å². The molecular formula is C17H11N3O3S2. The highest BCUT2D eigenvalue weighted by atomic mass is 32.1. The molecule has 0 fully saturated rings. The van der Waals surface area contributed by atoms with Crippen LogP contribution in [0.25, 0.3) is 20.4 Å². The van der Waals surface area contributed by atoms with Crippen molar-refractivity contribution in [1.82, 2.24) is 9.97 Å². The van der Waals surface area contributed by atoms with E-state index in [0.29, 0.717) is 22.2 Å². The topological polar surface area (TPSA) is 73.3 Å². The predicted octanol–water partition coefficient (Wildman–Crippen LogP) is 4.20. The largest absolute Gasteiger partial charge is 0.454 e. The van der Waals surface area contributed by atoms with Gasteiger partial charge in [0, 0.05) is 0 Å². The summed E-state index contributed by atoms with van der Waals surface area (Å²) < 4.78 is 12.9. The number of thiazole rings is 2. The van der Waals surface area contributed by atoms with E-state index >= 15 is 0 Å². The molecule has 2 aromatic heterocycles. The van der Waals surface area contributed by atoms with Crippen molar-refractivity contribution in [2.45, 2.75) is 6.92 Å². The van der Waals surface area contributed by atoms with Gasteiger partial charge in [-0.1, -0.05) is 17.4 Å². The van der Waals surface area contributed by atoms with Gasteiger partial charge in [0.1, 0.15) is 0 Å². The summed E-state index contributed by atoms with van der Waals surface area (Å²) in [5.74, 6) is 0.790. The van der Waals surface area contributed by atoms with E-state index < -0.39 is 0 Å². The summed E-state index contributed by atoms with van der Waals surface area (Å²) in [5.41, 5.74) is 2.25. The highest BCUT2D eigenvalue weighted by molar-refractivity contribution is 7.28. The Bertz CT molecular complexity index is 1150. The number of anilines is 1. The van der Waals surface area contributed by atoms with Gasteiger partial charge in [-0.3, -0.25) is 10.1 Å². The van der Waals surface area contributed by atoms with E-state index in [-0.39, 0.29) is 12.7 Å². The number of para-hydroxylation sites is 1. The van der Waals surface area contributed by atoms with Crippen LogP contribution in [0.3, 0.4) is 0 Å². The van der Waals surface area contributed by atoms with Crippen LogP contribution in [0.1, 0.15) is 15.4 Å². The van der Waals surface area contributed by atoms with Crippen molar-refractivity contribution >= 4 is 54.1 Å². The van der Waals surface area contributed by atoms with Crippen molar-refractivity contribution in [3.05, 3.63) is 40.9 Å². The summed E-state index contributed by atoms with van der Waals surface area (Å²) in [6.07, 6.45) is 0. The van der Waals surface area contributed by atoms with Gasteiger partial charge in [-0.2, -0.15) is 0 Å². The minimum atomic E-state index is -0.266. The number of ether oxygens (including phenoxy) is 2. The summed E-state index contributed by atoms with van der Waals surface area (Å²) in [6, 6.07) is 9.15. The molecule has 6 nitrogen and oxygen atoms in total. The maximum absolute atomic E-state index is 12.6. The van der Waals surface area contributed by atoms with Gasteiger partial charge >= 0.3 is 0 Å². The van der Waals surface area contributed by atoms with Crippen LogP contribution in [0.5, 0.6) is 11.5 Å². The molecule has 0 bridgehead atoms. The first-order valence-corrected chi connectivity index (χ1v) is 9.19. The molecule has 0 spiro atoms. The fourth-order valence-electron chi connectivity index (χ4n) is 2.81. The molecule has 3 heterocycles. The summed E-state index contributed by atoms with van der Waals surface area (Å²) >= 11 is 3.09. The fourth-order valence-corrected chi connectivity index (χ4v) is 4.81. The first kappa shape index (κ1) is 14.6. The second-order valence-electron chi connectivity index (χ2n) is 5.51. The zero-order valence-electron chi connectivity index (χ0n) is 13.0. The Kier molecular flexibility index (Phi) is 3.16. The van der Waals surface area contributed by atoms with Crippen molar-refractivity contribution < 1.29 is 14.3 Å². The summed E-state index contributed by atoms with van der Waals surface area (Å²) in [5, 5.41) is 4.43. The minimum absolute atomic E-state index is 0.128. The Morgan fingerprint density at radius 2 is 1.88 bits per heavy atom. The lowest BCUT2D eigenvalue weighted by atomic mass is 10.2. The highest BCUT2D eigenvalue weighted by Gasteiger charge is 2.22. The van der Waals surface area contributed by atoms with Crippen molar-refractivity contribution in [2.75, 3.05) is 12.1 Å². The second-order valence-corrected chi connectivity index (χ2v) is 7.71. The molecule has 1 N–H and O–H groups in total. The first-order valence-electron chi connectivity index (χ1n) is 7.56. The lowest BCUT2D eigenvalue weighted by Gasteiger charge is -2.04. The summed E-state index contributed by atoms with van der Waals surface area (Å²) in [7, 11) is 0. The Labute approximate surface area is 150 Å². The van der Waals surface area contributed by atoms with E-state index in [1.807, 2.05) is 19.1 Å². The number of nitrogens with one attached hydrogen (secondary N) is 1. The van der Waals surface area contributed by atoms with Crippen molar-refractivity contribution in [3.63, 3.8) is 0 Å². The molecule has 25 heavy (non-hydrogen) atoms. The van der Waals surface area contributed by atoms with Crippen LogP contribution in [0.2, 0.25) is 0 Å². The average Bonchev–Trinajstić information content (AvgIpc) is 3.29. The van der Waals surface area contributed by atoms with E-state index in [9.17, 15) is 4.79 Å². The van der Waals surface area contributed by atoms with Gasteiger partial charge in [0.25, 0.3) is 5.91 Å². The number of aryl methyl sites for hydroxylation is 1. The number of rotatable bonds is 2. The number of nitrogens with zero attached hydrogens (tertiary/aromatic N) is 2. The Morgan fingerprint density at radius 3 is 2.76 bits per heavy atom. The number of aromatic nitrogens is 2.